The van der Waals surface area contributed by atoms with Crippen molar-refractivity contribution in [1.82, 2.24) is 9.97 Å². The quantitative estimate of drug-likeness (QED) is 0.722. The Balaban J connectivity index is 2.19. The Kier molecular flexibility index (Phi) is 2.41. The van der Waals surface area contributed by atoms with Crippen molar-refractivity contribution in [3.8, 4) is 16.9 Å². The Hall–Kier alpha value is -2.49. The fourth-order valence-electron chi connectivity index (χ4n) is 2.03. The van der Waals surface area contributed by atoms with Crippen LogP contribution in [0.2, 0.25) is 0 Å². The highest BCUT2D eigenvalue weighted by molar-refractivity contribution is 5.96. The number of nitrogens with one attached hydrogen (secondary N) is 1. The highest BCUT2D eigenvalue weighted by atomic mass is 16.5. The molecule has 90 valence electrons. The first kappa shape index (κ1) is 10.7. The molecule has 0 aliphatic rings. The van der Waals surface area contributed by atoms with Gasteiger partial charge >= 0.3 is 0 Å². The van der Waals surface area contributed by atoms with Crippen LogP contribution < -0.4 is 10.5 Å². The van der Waals surface area contributed by atoms with Crippen LogP contribution in [0.1, 0.15) is 0 Å². The normalized spacial score (nSPS) is 10.7. The van der Waals surface area contributed by atoms with Gasteiger partial charge in [-0.05, 0) is 30.3 Å². The molecule has 2 aromatic heterocycles. The van der Waals surface area contributed by atoms with Gasteiger partial charge in [-0.2, -0.15) is 0 Å². The second-order valence-corrected chi connectivity index (χ2v) is 4.09. The summed E-state index contributed by atoms with van der Waals surface area (Å²) in [6.07, 6.45) is 3.74. The monoisotopic (exact) mass is 239 g/mol. The van der Waals surface area contributed by atoms with E-state index in [1.54, 1.807) is 19.4 Å². The van der Waals surface area contributed by atoms with E-state index < -0.39 is 0 Å². The minimum Gasteiger partial charge on any atom is -0.497 e. The number of pyridine rings is 1. The molecule has 3 N–H and O–H groups in total. The van der Waals surface area contributed by atoms with Crippen LogP contribution in [0.3, 0.4) is 0 Å². The molecule has 0 bridgehead atoms. The lowest BCUT2D eigenvalue weighted by molar-refractivity contribution is 0.415. The zero-order valence-corrected chi connectivity index (χ0v) is 9.97. The van der Waals surface area contributed by atoms with Crippen LogP contribution in [-0.2, 0) is 0 Å². The van der Waals surface area contributed by atoms with Crippen molar-refractivity contribution in [2.45, 2.75) is 0 Å². The molecule has 18 heavy (non-hydrogen) atoms. The number of nitrogens with zero attached hydrogens (tertiary/aromatic N) is 1. The fraction of sp³-hybridized carbons (Fsp3) is 0.0714. The van der Waals surface area contributed by atoms with Gasteiger partial charge in [0.05, 0.1) is 7.11 Å². The van der Waals surface area contributed by atoms with E-state index in [-0.39, 0.29) is 0 Å². The number of methoxy groups -OCH3 is 1. The topological polar surface area (TPSA) is 63.9 Å². The van der Waals surface area contributed by atoms with Gasteiger partial charge in [0.2, 0.25) is 0 Å². The number of aromatic amines is 1. The van der Waals surface area contributed by atoms with Crippen LogP contribution in [0.15, 0.2) is 42.7 Å². The molecule has 0 saturated heterocycles. The first-order valence-corrected chi connectivity index (χ1v) is 5.65. The molecule has 0 saturated carbocycles. The number of aromatic nitrogens is 2. The Morgan fingerprint density at radius 1 is 1.22 bits per heavy atom. The lowest BCUT2D eigenvalue weighted by Gasteiger charge is -2.02. The number of rotatable bonds is 2. The zero-order valence-electron chi connectivity index (χ0n) is 9.97. The maximum atomic E-state index is 5.60. The highest BCUT2D eigenvalue weighted by Crippen LogP contribution is 2.30. The summed E-state index contributed by atoms with van der Waals surface area (Å²) < 4.78 is 5.25. The van der Waals surface area contributed by atoms with E-state index in [9.17, 15) is 0 Å². The molecule has 3 rings (SSSR count). The van der Waals surface area contributed by atoms with E-state index >= 15 is 0 Å². The van der Waals surface area contributed by atoms with Gasteiger partial charge in [-0.15, -0.1) is 0 Å². The maximum absolute atomic E-state index is 5.60. The van der Waals surface area contributed by atoms with Gasteiger partial charge in [0.1, 0.15) is 11.6 Å². The van der Waals surface area contributed by atoms with Crippen LogP contribution in [0.4, 0.5) is 5.82 Å². The van der Waals surface area contributed by atoms with Crippen LogP contribution in [-0.4, -0.2) is 17.1 Å². The lowest BCUT2D eigenvalue weighted by atomic mass is 10.1. The third kappa shape index (κ3) is 1.68. The maximum Gasteiger partial charge on any atom is 0.123 e. The molecule has 0 atom stereocenters. The predicted molar refractivity (Wildman–Crippen MR) is 72.5 cm³/mol. The van der Waals surface area contributed by atoms with Gasteiger partial charge in [0.25, 0.3) is 0 Å². The summed E-state index contributed by atoms with van der Waals surface area (Å²) in [5, 5.41) is 1.11. The number of hydrogen-bond donors (Lipinski definition) is 2. The molecule has 0 amide bonds. The summed E-state index contributed by atoms with van der Waals surface area (Å²) in [4.78, 5) is 7.36. The predicted octanol–water partition coefficient (Wildman–Crippen LogP) is 2.82. The number of hydrogen-bond acceptors (Lipinski definition) is 3. The third-order valence-electron chi connectivity index (χ3n) is 2.99. The summed E-state index contributed by atoms with van der Waals surface area (Å²) in [7, 11) is 1.66. The van der Waals surface area contributed by atoms with E-state index in [1.807, 2.05) is 30.5 Å². The molecular formula is C14H13N3O. The number of benzene rings is 1. The van der Waals surface area contributed by atoms with Gasteiger partial charge < -0.3 is 15.5 Å². The molecule has 4 nitrogen and oxygen atoms in total. The minimum absolute atomic E-state index is 0.524. The number of ether oxygens (including phenoxy) is 1. The number of nitrogen functional groups attached to an aromatic ring is 1. The van der Waals surface area contributed by atoms with Crippen molar-refractivity contribution in [1.29, 1.82) is 0 Å². The van der Waals surface area contributed by atoms with E-state index in [0.29, 0.717) is 5.82 Å². The highest BCUT2D eigenvalue weighted by Gasteiger charge is 2.07. The van der Waals surface area contributed by atoms with Gasteiger partial charge in [0, 0.05) is 34.4 Å². The SMILES string of the molecule is COc1ccc2[nH]cc(-c3ccc(N)nc3)c2c1. The largest absolute Gasteiger partial charge is 0.497 e. The summed E-state index contributed by atoms with van der Waals surface area (Å²) in [5.41, 5.74) is 8.80. The molecule has 0 fully saturated rings. The lowest BCUT2D eigenvalue weighted by Crippen LogP contribution is -1.88. The van der Waals surface area contributed by atoms with Crippen molar-refractivity contribution >= 4 is 16.7 Å². The molecule has 0 spiro atoms. The van der Waals surface area contributed by atoms with Gasteiger partial charge in [-0.3, -0.25) is 0 Å². The molecule has 1 aromatic carbocycles. The summed E-state index contributed by atoms with van der Waals surface area (Å²) in [5.74, 6) is 1.36. The van der Waals surface area contributed by atoms with Crippen LogP contribution in [0, 0.1) is 0 Å². The zero-order chi connectivity index (χ0) is 12.5. The second-order valence-electron chi connectivity index (χ2n) is 4.09. The number of fused-ring (bicyclic) bond motifs is 1. The Labute approximate surface area is 104 Å². The first-order chi connectivity index (χ1) is 8.78. The molecule has 2 heterocycles. The van der Waals surface area contributed by atoms with Crippen LogP contribution >= 0.6 is 0 Å². The molecule has 0 unspecified atom stereocenters. The third-order valence-corrected chi connectivity index (χ3v) is 2.99. The second kappa shape index (κ2) is 4.07. The van der Waals surface area contributed by atoms with Gasteiger partial charge in [-0.25, -0.2) is 4.98 Å². The first-order valence-electron chi connectivity index (χ1n) is 5.65. The minimum atomic E-state index is 0.524. The number of anilines is 1. The Bertz CT molecular complexity index is 686. The van der Waals surface area contributed by atoms with Crippen molar-refractivity contribution in [2.24, 2.45) is 0 Å². The smallest absolute Gasteiger partial charge is 0.123 e. The Morgan fingerprint density at radius 3 is 2.83 bits per heavy atom. The van der Waals surface area contributed by atoms with E-state index in [2.05, 4.69) is 9.97 Å². The standard InChI is InChI=1S/C14H13N3O/c1-18-10-3-4-13-11(6-10)12(8-16-13)9-2-5-14(15)17-7-9/h2-8,16H,1H3,(H2,15,17). The van der Waals surface area contributed by atoms with Crippen LogP contribution in [0.25, 0.3) is 22.0 Å². The number of nitrogens with two attached hydrogens (primary N) is 1. The van der Waals surface area contributed by atoms with Crippen molar-refractivity contribution in [3.63, 3.8) is 0 Å². The van der Waals surface area contributed by atoms with Crippen molar-refractivity contribution in [3.05, 3.63) is 42.7 Å². The van der Waals surface area contributed by atoms with Gasteiger partial charge in [0.15, 0.2) is 0 Å². The molecular weight excluding hydrogens is 226 g/mol. The Morgan fingerprint density at radius 2 is 2.11 bits per heavy atom. The molecule has 0 radical (unpaired) electrons. The summed E-state index contributed by atoms with van der Waals surface area (Å²) >= 11 is 0. The fourth-order valence-corrected chi connectivity index (χ4v) is 2.03. The molecule has 3 aromatic rings. The van der Waals surface area contributed by atoms with Crippen molar-refractivity contribution in [2.75, 3.05) is 12.8 Å². The van der Waals surface area contributed by atoms with Crippen LogP contribution in [0.5, 0.6) is 5.75 Å². The van der Waals surface area contributed by atoms with E-state index in [4.69, 9.17) is 10.5 Å². The van der Waals surface area contributed by atoms with Gasteiger partial charge in [-0.1, -0.05) is 0 Å². The average Bonchev–Trinajstić information content (AvgIpc) is 2.82. The van der Waals surface area contributed by atoms with E-state index in [1.165, 1.54) is 0 Å². The molecule has 4 heteroatoms. The number of H-pyrrole nitrogens is 1. The average molecular weight is 239 g/mol. The summed E-state index contributed by atoms with van der Waals surface area (Å²) in [6, 6.07) is 9.71. The molecule has 0 aliphatic heterocycles. The summed E-state index contributed by atoms with van der Waals surface area (Å²) in [6.45, 7) is 0. The molecule has 0 aliphatic carbocycles. The van der Waals surface area contributed by atoms with Crippen molar-refractivity contribution < 1.29 is 4.74 Å². The van der Waals surface area contributed by atoms with E-state index in [0.717, 1.165) is 27.8 Å².